The Balaban J connectivity index is 1.32. The summed E-state index contributed by atoms with van der Waals surface area (Å²) in [5.41, 5.74) is 2.21. The number of aromatic nitrogens is 2. The highest BCUT2D eigenvalue weighted by Gasteiger charge is 2.14. The van der Waals surface area contributed by atoms with Gasteiger partial charge in [-0.1, -0.05) is 30.3 Å². The fraction of sp³-hybridized carbons (Fsp3) is 0.227. The average Bonchev–Trinajstić information content (AvgIpc) is 2.77. The molecule has 4 rings (SSSR count). The lowest BCUT2D eigenvalue weighted by Gasteiger charge is -2.19. The highest BCUT2D eigenvalue weighted by Crippen LogP contribution is 2.32. The molecule has 1 aliphatic heterocycles. The van der Waals surface area contributed by atoms with E-state index in [1.165, 1.54) is 11.9 Å². The Bertz CT molecular complexity index is 979. The Morgan fingerprint density at radius 2 is 1.79 bits per heavy atom. The first kappa shape index (κ1) is 18.7. The molecule has 0 saturated carbocycles. The van der Waals surface area contributed by atoms with Gasteiger partial charge in [-0.2, -0.15) is 0 Å². The number of carbonyl (C=O) groups excluding carboxylic acids is 1. The van der Waals surface area contributed by atoms with Gasteiger partial charge in [-0.3, -0.25) is 4.79 Å². The van der Waals surface area contributed by atoms with E-state index >= 15 is 0 Å². The zero-order valence-corrected chi connectivity index (χ0v) is 15.9. The van der Waals surface area contributed by atoms with Crippen LogP contribution < -0.4 is 20.1 Å². The van der Waals surface area contributed by atoms with Gasteiger partial charge in [-0.15, -0.1) is 0 Å². The minimum absolute atomic E-state index is 0.292. The van der Waals surface area contributed by atoms with Crippen molar-refractivity contribution in [2.75, 3.05) is 30.4 Å². The van der Waals surface area contributed by atoms with Crippen molar-refractivity contribution in [1.29, 1.82) is 0 Å². The first-order valence-electron chi connectivity index (χ1n) is 9.59. The molecule has 148 valence electrons. The fourth-order valence-electron chi connectivity index (χ4n) is 3.05. The number of anilines is 2. The molecule has 0 saturated heterocycles. The van der Waals surface area contributed by atoms with Gasteiger partial charge in [0.1, 0.15) is 31.1 Å². The molecule has 2 N–H and O–H groups in total. The van der Waals surface area contributed by atoms with E-state index in [2.05, 4.69) is 32.7 Å². The Morgan fingerprint density at radius 1 is 0.966 bits per heavy atom. The smallest absolute Gasteiger partial charge is 0.274 e. The van der Waals surface area contributed by atoms with Crippen LogP contribution in [0.2, 0.25) is 0 Å². The number of aryl methyl sites for hydroxylation is 1. The van der Waals surface area contributed by atoms with Crippen LogP contribution in [0.3, 0.4) is 0 Å². The van der Waals surface area contributed by atoms with Crippen molar-refractivity contribution in [2.45, 2.75) is 12.8 Å². The zero-order valence-electron chi connectivity index (χ0n) is 15.9. The Hall–Kier alpha value is -3.61. The van der Waals surface area contributed by atoms with E-state index in [0.717, 1.165) is 19.4 Å². The third-order valence-electron chi connectivity index (χ3n) is 4.49. The molecule has 0 spiro atoms. The monoisotopic (exact) mass is 390 g/mol. The van der Waals surface area contributed by atoms with Crippen LogP contribution in [0, 0.1) is 0 Å². The summed E-state index contributed by atoms with van der Waals surface area (Å²) in [7, 11) is 0. The number of ether oxygens (including phenoxy) is 2. The second kappa shape index (κ2) is 9.05. The van der Waals surface area contributed by atoms with Crippen molar-refractivity contribution in [2.24, 2.45) is 0 Å². The largest absolute Gasteiger partial charge is 0.486 e. The van der Waals surface area contributed by atoms with E-state index in [1.54, 1.807) is 24.3 Å². The molecule has 7 nitrogen and oxygen atoms in total. The summed E-state index contributed by atoms with van der Waals surface area (Å²) in [6.45, 7) is 1.78. The van der Waals surface area contributed by atoms with Crippen LogP contribution in [0.4, 0.5) is 11.5 Å². The molecule has 0 unspecified atom stereocenters. The van der Waals surface area contributed by atoms with E-state index in [0.29, 0.717) is 41.9 Å². The molecule has 0 radical (unpaired) electrons. The second-order valence-corrected chi connectivity index (χ2v) is 6.62. The van der Waals surface area contributed by atoms with Crippen molar-refractivity contribution in [1.82, 2.24) is 9.97 Å². The van der Waals surface area contributed by atoms with Crippen LogP contribution in [0.15, 0.2) is 60.9 Å². The van der Waals surface area contributed by atoms with Crippen molar-refractivity contribution >= 4 is 17.4 Å². The molecule has 2 heterocycles. The molecule has 0 aliphatic carbocycles. The van der Waals surface area contributed by atoms with Crippen LogP contribution in [-0.2, 0) is 6.42 Å². The summed E-state index contributed by atoms with van der Waals surface area (Å²) in [4.78, 5) is 20.8. The average molecular weight is 390 g/mol. The lowest BCUT2D eigenvalue weighted by atomic mass is 10.1. The number of benzene rings is 2. The van der Waals surface area contributed by atoms with Crippen LogP contribution in [0.1, 0.15) is 22.5 Å². The van der Waals surface area contributed by atoms with Crippen LogP contribution in [0.25, 0.3) is 0 Å². The zero-order chi connectivity index (χ0) is 19.9. The number of fused-ring (bicyclic) bond motifs is 1. The molecule has 1 aliphatic rings. The Kier molecular flexibility index (Phi) is 5.85. The fourth-order valence-corrected chi connectivity index (χ4v) is 3.05. The summed E-state index contributed by atoms with van der Waals surface area (Å²) >= 11 is 0. The minimum atomic E-state index is -0.309. The number of hydrogen-bond acceptors (Lipinski definition) is 6. The lowest BCUT2D eigenvalue weighted by Crippen LogP contribution is -2.17. The number of hydrogen-bond donors (Lipinski definition) is 2. The molecule has 0 fully saturated rings. The van der Waals surface area contributed by atoms with Gasteiger partial charge in [-0.05, 0) is 30.5 Å². The van der Waals surface area contributed by atoms with Crippen LogP contribution >= 0.6 is 0 Å². The number of rotatable bonds is 7. The topological polar surface area (TPSA) is 85.4 Å². The predicted molar refractivity (Wildman–Crippen MR) is 111 cm³/mol. The highest BCUT2D eigenvalue weighted by atomic mass is 16.6. The van der Waals surface area contributed by atoms with Gasteiger partial charge < -0.3 is 20.1 Å². The summed E-state index contributed by atoms with van der Waals surface area (Å²) in [5, 5.41) is 6.08. The molecule has 1 aromatic heterocycles. The molecule has 0 bridgehead atoms. The number of nitrogens with one attached hydrogen (secondary N) is 2. The van der Waals surface area contributed by atoms with Crippen molar-refractivity contribution < 1.29 is 14.3 Å². The predicted octanol–water partition coefficient (Wildman–Crippen LogP) is 3.54. The van der Waals surface area contributed by atoms with E-state index in [4.69, 9.17) is 9.47 Å². The summed E-state index contributed by atoms with van der Waals surface area (Å²) in [6.07, 6.45) is 3.33. The minimum Gasteiger partial charge on any atom is -0.486 e. The first-order chi connectivity index (χ1) is 14.3. The Morgan fingerprint density at radius 3 is 2.66 bits per heavy atom. The lowest BCUT2D eigenvalue weighted by molar-refractivity contribution is 0.102. The number of nitrogens with zero attached hydrogens (tertiary/aromatic N) is 2. The van der Waals surface area contributed by atoms with Crippen molar-refractivity contribution in [3.05, 3.63) is 72.2 Å². The summed E-state index contributed by atoms with van der Waals surface area (Å²) < 4.78 is 11.0. The van der Waals surface area contributed by atoms with Gasteiger partial charge >= 0.3 is 0 Å². The van der Waals surface area contributed by atoms with Crippen molar-refractivity contribution in [3.63, 3.8) is 0 Å². The maximum atomic E-state index is 12.5. The summed E-state index contributed by atoms with van der Waals surface area (Å²) in [6, 6.07) is 17.3. The molecule has 1 amide bonds. The number of amides is 1. The van der Waals surface area contributed by atoms with Crippen LogP contribution in [-0.4, -0.2) is 35.6 Å². The molecular formula is C22H22N4O3. The molecule has 3 aromatic rings. The highest BCUT2D eigenvalue weighted by molar-refractivity contribution is 6.03. The van der Waals surface area contributed by atoms with E-state index in [1.807, 2.05) is 18.2 Å². The van der Waals surface area contributed by atoms with Gasteiger partial charge in [0.15, 0.2) is 11.5 Å². The quantitative estimate of drug-likeness (QED) is 0.600. The third kappa shape index (κ3) is 5.01. The second-order valence-electron chi connectivity index (χ2n) is 6.62. The third-order valence-corrected chi connectivity index (χ3v) is 4.49. The van der Waals surface area contributed by atoms with Gasteiger partial charge in [0.05, 0.1) is 0 Å². The van der Waals surface area contributed by atoms with Gasteiger partial charge in [0, 0.05) is 24.4 Å². The van der Waals surface area contributed by atoms with E-state index < -0.39 is 0 Å². The maximum absolute atomic E-state index is 12.5. The number of carbonyl (C=O) groups is 1. The van der Waals surface area contributed by atoms with Crippen molar-refractivity contribution in [3.8, 4) is 11.5 Å². The molecule has 2 aromatic carbocycles. The SMILES string of the molecule is O=C(Nc1ccc2c(c1)OCCO2)c1cc(NCCCc2ccccc2)ncn1. The van der Waals surface area contributed by atoms with E-state index in [-0.39, 0.29) is 5.91 Å². The van der Waals surface area contributed by atoms with Gasteiger partial charge in [0.25, 0.3) is 5.91 Å². The molecule has 0 atom stereocenters. The van der Waals surface area contributed by atoms with Gasteiger partial charge in [-0.25, -0.2) is 9.97 Å². The maximum Gasteiger partial charge on any atom is 0.274 e. The van der Waals surface area contributed by atoms with E-state index in [9.17, 15) is 4.79 Å². The van der Waals surface area contributed by atoms with Gasteiger partial charge in [0.2, 0.25) is 0 Å². The summed E-state index contributed by atoms with van der Waals surface area (Å²) in [5.74, 6) is 1.62. The normalized spacial score (nSPS) is 12.3. The molecule has 29 heavy (non-hydrogen) atoms. The van der Waals surface area contributed by atoms with Crippen LogP contribution in [0.5, 0.6) is 11.5 Å². The first-order valence-corrected chi connectivity index (χ1v) is 9.59. The Labute approximate surface area is 169 Å². The molecule has 7 heteroatoms. The standard InChI is InChI=1S/C22H22N4O3/c27-22(26-17-8-9-19-20(13-17)29-12-11-28-19)18-14-21(25-15-24-18)23-10-4-7-16-5-2-1-3-6-16/h1-3,5-6,8-9,13-15H,4,7,10-12H2,(H,26,27)(H,23,24,25). The molecular weight excluding hydrogens is 368 g/mol.